The Hall–Kier alpha value is -1.28. The zero-order valence-electron chi connectivity index (χ0n) is 6.90. The number of carbonyl (C=O) groups is 1. The predicted octanol–water partition coefficient (Wildman–Crippen LogP) is 2.36. The second-order valence-electron chi connectivity index (χ2n) is 2.77. The zero-order chi connectivity index (χ0) is 9.26. The van der Waals surface area contributed by atoms with E-state index < -0.39 is 0 Å². The molecule has 0 bridgehead atoms. The van der Waals surface area contributed by atoms with E-state index in [1.807, 2.05) is 34.9 Å². The highest BCUT2D eigenvalue weighted by molar-refractivity contribution is 6.30. The smallest absolute Gasteiger partial charge is 0.194 e. The van der Waals surface area contributed by atoms with Crippen LogP contribution in [0.15, 0.2) is 36.5 Å². The molecule has 0 aliphatic carbocycles. The number of hydrogen-bond donors (Lipinski definition) is 0. The maximum absolute atomic E-state index is 11.3. The Morgan fingerprint density at radius 1 is 1.31 bits per heavy atom. The van der Waals surface area contributed by atoms with Gasteiger partial charge in [-0.1, -0.05) is 6.07 Å². The van der Waals surface area contributed by atoms with Gasteiger partial charge >= 0.3 is 0 Å². The molecule has 0 atom stereocenters. The molecule has 0 saturated carbocycles. The van der Waals surface area contributed by atoms with Gasteiger partial charge < -0.3 is 4.40 Å². The van der Waals surface area contributed by atoms with E-state index >= 15 is 0 Å². The van der Waals surface area contributed by atoms with Gasteiger partial charge in [-0.15, -0.1) is 11.6 Å². The monoisotopic (exact) mass is 193 g/mol. The number of aromatic nitrogens is 1. The van der Waals surface area contributed by atoms with Crippen LogP contribution in [0.4, 0.5) is 0 Å². The van der Waals surface area contributed by atoms with Crippen molar-refractivity contribution < 1.29 is 4.79 Å². The largest absolute Gasteiger partial charge is 0.314 e. The van der Waals surface area contributed by atoms with E-state index in [2.05, 4.69) is 0 Å². The zero-order valence-corrected chi connectivity index (χ0v) is 7.66. The second kappa shape index (κ2) is 3.23. The molecule has 2 aromatic heterocycles. The summed E-state index contributed by atoms with van der Waals surface area (Å²) in [5.74, 6) is -0.0195. The Morgan fingerprint density at radius 2 is 2.15 bits per heavy atom. The maximum Gasteiger partial charge on any atom is 0.194 e. The van der Waals surface area contributed by atoms with E-state index in [4.69, 9.17) is 11.6 Å². The summed E-state index contributed by atoms with van der Waals surface area (Å²) in [4.78, 5) is 11.3. The van der Waals surface area contributed by atoms with Gasteiger partial charge in [0.25, 0.3) is 0 Å². The van der Waals surface area contributed by atoms with Crippen LogP contribution in [-0.2, 0) is 0 Å². The molecule has 2 rings (SSSR count). The van der Waals surface area contributed by atoms with Crippen LogP contribution in [0, 0.1) is 0 Å². The van der Waals surface area contributed by atoms with Gasteiger partial charge in [0.1, 0.15) is 0 Å². The summed E-state index contributed by atoms with van der Waals surface area (Å²) in [7, 11) is 0. The van der Waals surface area contributed by atoms with E-state index in [0.717, 1.165) is 5.52 Å². The lowest BCUT2D eigenvalue weighted by Crippen LogP contribution is -2.03. The summed E-state index contributed by atoms with van der Waals surface area (Å²) in [6.45, 7) is 0. The summed E-state index contributed by atoms with van der Waals surface area (Å²) in [6.07, 6.45) is 1.86. The molecule has 0 aliphatic rings. The lowest BCUT2D eigenvalue weighted by molar-refractivity contribution is 0.101. The molecule has 0 aromatic carbocycles. The van der Waals surface area contributed by atoms with E-state index in [9.17, 15) is 4.79 Å². The minimum atomic E-state index is -0.0483. The van der Waals surface area contributed by atoms with Gasteiger partial charge in [0.2, 0.25) is 0 Å². The summed E-state index contributed by atoms with van der Waals surface area (Å²) >= 11 is 5.48. The highest BCUT2D eigenvalue weighted by atomic mass is 35.5. The Bertz CT molecular complexity index is 447. The molecular formula is C10H8ClNO. The number of alkyl halides is 1. The Kier molecular flexibility index (Phi) is 2.07. The highest BCUT2D eigenvalue weighted by Crippen LogP contribution is 2.10. The quantitative estimate of drug-likeness (QED) is 0.530. The van der Waals surface area contributed by atoms with Crippen LogP contribution in [0.1, 0.15) is 10.5 Å². The Labute approximate surface area is 80.7 Å². The third kappa shape index (κ3) is 1.33. The maximum atomic E-state index is 11.3. The van der Waals surface area contributed by atoms with Crippen LogP contribution in [0.2, 0.25) is 0 Å². The van der Waals surface area contributed by atoms with Gasteiger partial charge in [0.15, 0.2) is 5.78 Å². The SMILES string of the molecule is O=C(CCl)c1ccc2ccccn12. The lowest BCUT2D eigenvalue weighted by Gasteiger charge is -1.98. The molecule has 3 heteroatoms. The minimum Gasteiger partial charge on any atom is -0.314 e. The highest BCUT2D eigenvalue weighted by Gasteiger charge is 2.07. The van der Waals surface area contributed by atoms with Crippen molar-refractivity contribution in [2.75, 3.05) is 5.88 Å². The van der Waals surface area contributed by atoms with Crippen LogP contribution in [0.5, 0.6) is 0 Å². The number of halogens is 1. The molecular weight excluding hydrogens is 186 g/mol. The minimum absolute atomic E-state index is 0.0288. The number of nitrogens with zero attached hydrogens (tertiary/aromatic N) is 1. The molecule has 2 aromatic rings. The van der Waals surface area contributed by atoms with Crippen LogP contribution in [-0.4, -0.2) is 16.1 Å². The molecule has 66 valence electrons. The van der Waals surface area contributed by atoms with Crippen molar-refractivity contribution in [1.29, 1.82) is 0 Å². The molecule has 2 nitrogen and oxygen atoms in total. The number of pyridine rings is 1. The van der Waals surface area contributed by atoms with Crippen LogP contribution in [0.3, 0.4) is 0 Å². The summed E-state index contributed by atoms with van der Waals surface area (Å²) < 4.78 is 1.84. The first-order chi connectivity index (χ1) is 6.33. The first-order valence-corrected chi connectivity index (χ1v) is 4.51. The van der Waals surface area contributed by atoms with Crippen molar-refractivity contribution in [3.63, 3.8) is 0 Å². The van der Waals surface area contributed by atoms with Gasteiger partial charge in [-0.2, -0.15) is 0 Å². The number of ketones is 1. The summed E-state index contributed by atoms with van der Waals surface area (Å²) in [5.41, 5.74) is 1.65. The fourth-order valence-electron chi connectivity index (χ4n) is 1.35. The second-order valence-corrected chi connectivity index (χ2v) is 3.04. The fraction of sp³-hybridized carbons (Fsp3) is 0.100. The first-order valence-electron chi connectivity index (χ1n) is 3.98. The van der Waals surface area contributed by atoms with Crippen molar-refractivity contribution in [2.24, 2.45) is 0 Å². The summed E-state index contributed by atoms with van der Waals surface area (Å²) in [5, 5.41) is 0. The standard InChI is InChI=1S/C10H8ClNO/c11-7-10(13)9-5-4-8-3-1-2-6-12(8)9/h1-6H,7H2. The third-order valence-corrected chi connectivity index (χ3v) is 2.21. The van der Waals surface area contributed by atoms with Crippen molar-refractivity contribution in [3.8, 4) is 0 Å². The fourth-order valence-corrected chi connectivity index (χ4v) is 1.49. The van der Waals surface area contributed by atoms with Gasteiger partial charge in [0, 0.05) is 11.7 Å². The normalized spacial score (nSPS) is 10.5. The van der Waals surface area contributed by atoms with E-state index in [0.29, 0.717) is 5.69 Å². The molecule has 2 heterocycles. The van der Waals surface area contributed by atoms with Crippen molar-refractivity contribution >= 4 is 22.9 Å². The summed E-state index contributed by atoms with van der Waals surface area (Å²) in [6, 6.07) is 9.47. The van der Waals surface area contributed by atoms with Crippen molar-refractivity contribution in [2.45, 2.75) is 0 Å². The third-order valence-electron chi connectivity index (χ3n) is 1.97. The topological polar surface area (TPSA) is 21.5 Å². The van der Waals surface area contributed by atoms with E-state index in [-0.39, 0.29) is 11.7 Å². The van der Waals surface area contributed by atoms with Crippen molar-refractivity contribution in [1.82, 2.24) is 4.40 Å². The van der Waals surface area contributed by atoms with Crippen LogP contribution in [0.25, 0.3) is 5.52 Å². The van der Waals surface area contributed by atoms with E-state index in [1.165, 1.54) is 0 Å². The number of Topliss-reactive ketones (excluding diaryl/α,β-unsaturated/α-hetero) is 1. The van der Waals surface area contributed by atoms with Gasteiger partial charge in [-0.25, -0.2) is 0 Å². The van der Waals surface area contributed by atoms with Gasteiger partial charge in [-0.3, -0.25) is 4.79 Å². The lowest BCUT2D eigenvalue weighted by atomic mass is 10.3. The molecule has 0 radical (unpaired) electrons. The predicted molar refractivity (Wildman–Crippen MR) is 52.4 cm³/mol. The van der Waals surface area contributed by atoms with Crippen molar-refractivity contribution in [3.05, 3.63) is 42.2 Å². The Morgan fingerprint density at radius 3 is 2.92 bits per heavy atom. The molecule has 13 heavy (non-hydrogen) atoms. The molecule has 0 amide bonds. The molecule has 0 spiro atoms. The number of rotatable bonds is 2. The number of carbonyl (C=O) groups excluding carboxylic acids is 1. The first kappa shape index (κ1) is 8.32. The van der Waals surface area contributed by atoms with E-state index in [1.54, 1.807) is 6.07 Å². The van der Waals surface area contributed by atoms with Gasteiger partial charge in [0.05, 0.1) is 11.6 Å². The molecule has 0 fully saturated rings. The average molecular weight is 194 g/mol. The average Bonchev–Trinajstić information content (AvgIpc) is 2.60. The Balaban J connectivity index is 2.64. The molecule has 0 unspecified atom stereocenters. The molecule has 0 saturated heterocycles. The number of hydrogen-bond acceptors (Lipinski definition) is 1. The molecule has 0 N–H and O–H groups in total. The molecule has 0 aliphatic heterocycles. The van der Waals surface area contributed by atoms with Crippen LogP contribution >= 0.6 is 11.6 Å². The van der Waals surface area contributed by atoms with Gasteiger partial charge in [-0.05, 0) is 24.3 Å². The number of fused-ring (bicyclic) bond motifs is 1. The van der Waals surface area contributed by atoms with Crippen LogP contribution < -0.4 is 0 Å².